The summed E-state index contributed by atoms with van der Waals surface area (Å²) < 4.78 is 10.4. The van der Waals surface area contributed by atoms with E-state index >= 15 is 0 Å². The minimum absolute atomic E-state index is 0. The fraction of sp³-hybridized carbons (Fsp3) is 0.500. The minimum atomic E-state index is 0. The highest BCUT2D eigenvalue weighted by atomic mass is 127. The molecule has 0 radical (unpaired) electrons. The Morgan fingerprint density at radius 2 is 2.19 bits per heavy atom. The van der Waals surface area contributed by atoms with Crippen molar-refractivity contribution in [2.45, 2.75) is 12.8 Å². The predicted molar refractivity (Wildman–Crippen MR) is 97.1 cm³/mol. The van der Waals surface area contributed by atoms with Crippen molar-refractivity contribution in [2.24, 2.45) is 16.6 Å². The highest BCUT2D eigenvalue weighted by Gasteiger charge is 2.13. The molecule has 2 rings (SSSR count). The molecule has 0 atom stereocenters. The zero-order valence-electron chi connectivity index (χ0n) is 12.0. The highest BCUT2D eigenvalue weighted by molar-refractivity contribution is 14.0. The first-order chi connectivity index (χ1) is 9.69. The topological polar surface area (TPSA) is 68.9 Å². The van der Waals surface area contributed by atoms with Crippen LogP contribution in [0.25, 0.3) is 0 Å². The molecule has 118 valence electrons. The molecule has 1 fully saturated rings. The van der Waals surface area contributed by atoms with Crippen LogP contribution in [0.3, 0.4) is 0 Å². The monoisotopic (exact) mass is 425 g/mol. The number of hydrogen-bond donors (Lipinski definition) is 2. The van der Waals surface area contributed by atoms with Gasteiger partial charge in [0.25, 0.3) is 0 Å². The van der Waals surface area contributed by atoms with Gasteiger partial charge in [0.05, 0.1) is 12.1 Å². The van der Waals surface area contributed by atoms with Crippen LogP contribution in [0.2, 0.25) is 5.02 Å². The molecule has 7 heteroatoms. The first-order valence-electron chi connectivity index (χ1n) is 6.67. The number of guanidine groups is 1. The Morgan fingerprint density at radius 1 is 1.48 bits per heavy atom. The molecule has 0 bridgehead atoms. The maximum atomic E-state index is 6.05. The van der Waals surface area contributed by atoms with Crippen LogP contribution in [0, 0.1) is 5.92 Å². The summed E-state index contributed by atoms with van der Waals surface area (Å²) in [7, 11) is 1.58. The van der Waals surface area contributed by atoms with Crippen LogP contribution in [-0.4, -0.2) is 32.8 Å². The molecule has 0 aliphatic carbocycles. The van der Waals surface area contributed by atoms with Crippen molar-refractivity contribution in [2.75, 3.05) is 32.2 Å². The lowest BCUT2D eigenvalue weighted by Gasteiger charge is -2.20. The van der Waals surface area contributed by atoms with Crippen LogP contribution >= 0.6 is 35.6 Å². The fourth-order valence-electron chi connectivity index (χ4n) is 2.09. The fourth-order valence-corrected chi connectivity index (χ4v) is 2.35. The van der Waals surface area contributed by atoms with Crippen molar-refractivity contribution >= 4 is 47.2 Å². The van der Waals surface area contributed by atoms with Crippen LogP contribution in [0.4, 0.5) is 5.69 Å². The second-order valence-corrected chi connectivity index (χ2v) is 5.16. The number of halogens is 2. The molecule has 0 aromatic heterocycles. The minimum Gasteiger partial charge on any atom is -0.495 e. The number of hydrogen-bond acceptors (Lipinski definition) is 3. The molecule has 1 aliphatic rings. The normalized spacial score (nSPS) is 16.2. The summed E-state index contributed by atoms with van der Waals surface area (Å²) in [5.74, 6) is 1.59. The summed E-state index contributed by atoms with van der Waals surface area (Å²) in [5, 5.41) is 3.57. The van der Waals surface area contributed by atoms with Crippen molar-refractivity contribution in [1.29, 1.82) is 0 Å². The van der Waals surface area contributed by atoms with Gasteiger partial charge >= 0.3 is 0 Å². The molecule has 5 nitrogen and oxygen atoms in total. The molecular formula is C14H21ClIN3O2. The van der Waals surface area contributed by atoms with Gasteiger partial charge in [0.2, 0.25) is 0 Å². The molecule has 21 heavy (non-hydrogen) atoms. The number of methoxy groups -OCH3 is 1. The Balaban J connectivity index is 0.00000220. The lowest BCUT2D eigenvalue weighted by Crippen LogP contribution is -2.25. The zero-order chi connectivity index (χ0) is 14.4. The smallest absolute Gasteiger partial charge is 0.193 e. The molecule has 0 spiro atoms. The zero-order valence-corrected chi connectivity index (χ0v) is 15.1. The number of anilines is 1. The van der Waals surface area contributed by atoms with Gasteiger partial charge in [0.15, 0.2) is 5.96 Å². The summed E-state index contributed by atoms with van der Waals surface area (Å²) in [6.07, 6.45) is 2.09. The number of ether oxygens (including phenoxy) is 2. The summed E-state index contributed by atoms with van der Waals surface area (Å²) in [5.41, 5.74) is 6.67. The van der Waals surface area contributed by atoms with Gasteiger partial charge in [-0.1, -0.05) is 11.6 Å². The van der Waals surface area contributed by atoms with Gasteiger partial charge in [0, 0.05) is 25.4 Å². The molecule has 0 amide bonds. The predicted octanol–water partition coefficient (Wildman–Crippen LogP) is 3.12. The van der Waals surface area contributed by atoms with Gasteiger partial charge in [0.1, 0.15) is 5.75 Å². The molecular weight excluding hydrogens is 405 g/mol. The molecule has 3 N–H and O–H groups in total. The second kappa shape index (κ2) is 9.32. The SMILES string of the molecule is COc1ccc(NC(N)=NCC2CCOCC2)cc1Cl.I. The van der Waals surface area contributed by atoms with E-state index in [1.807, 2.05) is 6.07 Å². The van der Waals surface area contributed by atoms with Gasteiger partial charge in [-0.25, -0.2) is 0 Å². The van der Waals surface area contributed by atoms with E-state index in [0.717, 1.165) is 38.3 Å². The van der Waals surface area contributed by atoms with E-state index in [1.54, 1.807) is 19.2 Å². The van der Waals surface area contributed by atoms with Gasteiger partial charge in [-0.05, 0) is 37.0 Å². The number of rotatable bonds is 4. The number of nitrogens with one attached hydrogen (secondary N) is 1. The molecule has 0 unspecified atom stereocenters. The molecule has 1 heterocycles. The molecule has 0 saturated carbocycles. The third kappa shape index (κ3) is 5.88. The summed E-state index contributed by atoms with van der Waals surface area (Å²) in [6.45, 7) is 2.37. The van der Waals surface area contributed by atoms with Crippen LogP contribution in [0.15, 0.2) is 23.2 Å². The van der Waals surface area contributed by atoms with Crippen LogP contribution in [-0.2, 0) is 4.74 Å². The Morgan fingerprint density at radius 3 is 2.81 bits per heavy atom. The van der Waals surface area contributed by atoms with Crippen LogP contribution < -0.4 is 15.8 Å². The molecule has 1 saturated heterocycles. The third-order valence-electron chi connectivity index (χ3n) is 3.28. The average Bonchev–Trinajstić information content (AvgIpc) is 2.46. The Kier molecular flexibility index (Phi) is 8.13. The van der Waals surface area contributed by atoms with E-state index in [1.165, 1.54) is 0 Å². The largest absolute Gasteiger partial charge is 0.495 e. The first-order valence-corrected chi connectivity index (χ1v) is 7.05. The quantitative estimate of drug-likeness (QED) is 0.442. The Labute approximate surface area is 147 Å². The van der Waals surface area contributed by atoms with Gasteiger partial charge in [-0.15, -0.1) is 24.0 Å². The number of nitrogens with zero attached hydrogens (tertiary/aromatic N) is 1. The third-order valence-corrected chi connectivity index (χ3v) is 3.58. The van der Waals surface area contributed by atoms with Crippen molar-refractivity contribution < 1.29 is 9.47 Å². The van der Waals surface area contributed by atoms with Crippen molar-refractivity contribution in [3.8, 4) is 5.75 Å². The van der Waals surface area contributed by atoms with E-state index < -0.39 is 0 Å². The van der Waals surface area contributed by atoms with E-state index in [-0.39, 0.29) is 24.0 Å². The lowest BCUT2D eigenvalue weighted by molar-refractivity contribution is 0.0689. The van der Waals surface area contributed by atoms with E-state index in [2.05, 4.69) is 10.3 Å². The van der Waals surface area contributed by atoms with Gasteiger partial charge in [-0.3, -0.25) is 4.99 Å². The van der Waals surface area contributed by atoms with Crippen molar-refractivity contribution in [3.63, 3.8) is 0 Å². The maximum Gasteiger partial charge on any atom is 0.193 e. The number of benzene rings is 1. The molecule has 1 aromatic rings. The maximum absolute atomic E-state index is 6.05. The summed E-state index contributed by atoms with van der Waals surface area (Å²) in [4.78, 5) is 4.37. The first kappa shape index (κ1) is 18.3. The standard InChI is InChI=1S/C14H20ClN3O2.HI/c1-19-13-3-2-11(8-12(13)15)18-14(16)17-9-10-4-6-20-7-5-10;/h2-3,8,10H,4-7,9H2,1H3,(H3,16,17,18);1H. The van der Waals surface area contributed by atoms with E-state index in [0.29, 0.717) is 22.6 Å². The average molecular weight is 426 g/mol. The van der Waals surface area contributed by atoms with E-state index in [4.69, 9.17) is 26.8 Å². The second-order valence-electron chi connectivity index (χ2n) is 4.76. The Hall–Kier alpha value is -0.730. The highest BCUT2D eigenvalue weighted by Crippen LogP contribution is 2.27. The summed E-state index contributed by atoms with van der Waals surface area (Å²) >= 11 is 6.05. The van der Waals surface area contributed by atoms with Crippen molar-refractivity contribution in [3.05, 3.63) is 23.2 Å². The lowest BCUT2D eigenvalue weighted by atomic mass is 10.0. The van der Waals surface area contributed by atoms with Gasteiger partial charge in [-0.2, -0.15) is 0 Å². The van der Waals surface area contributed by atoms with Crippen molar-refractivity contribution in [1.82, 2.24) is 0 Å². The van der Waals surface area contributed by atoms with Gasteiger partial charge < -0.3 is 20.5 Å². The molecule has 1 aromatic carbocycles. The molecule has 1 aliphatic heterocycles. The van der Waals surface area contributed by atoms with Crippen LogP contribution in [0.5, 0.6) is 5.75 Å². The van der Waals surface area contributed by atoms with E-state index in [9.17, 15) is 0 Å². The summed E-state index contributed by atoms with van der Waals surface area (Å²) in [6, 6.07) is 5.40. The van der Waals surface area contributed by atoms with Crippen LogP contribution in [0.1, 0.15) is 12.8 Å². The number of aliphatic imine (C=N–C) groups is 1. The number of nitrogens with two attached hydrogens (primary N) is 1. The Bertz CT molecular complexity index is 479.